The Morgan fingerprint density at radius 1 is 1.29 bits per heavy atom. The van der Waals surface area contributed by atoms with E-state index in [1.807, 2.05) is 18.2 Å². The first-order valence-electron chi connectivity index (χ1n) is 10.5. The molecule has 31 heavy (non-hydrogen) atoms. The molecule has 1 aliphatic heterocycles. The number of alkyl halides is 1. The van der Waals surface area contributed by atoms with Crippen molar-refractivity contribution in [3.05, 3.63) is 42.0 Å². The van der Waals surface area contributed by atoms with Crippen LogP contribution in [0.15, 0.2) is 36.4 Å². The van der Waals surface area contributed by atoms with Gasteiger partial charge in [-0.25, -0.2) is 17.6 Å². The zero-order valence-electron chi connectivity index (χ0n) is 17.7. The minimum absolute atomic E-state index is 0.0313. The fraction of sp³-hybridized carbons (Fsp3) is 0.545. The number of amides is 3. The van der Waals surface area contributed by atoms with Crippen molar-refractivity contribution in [3.8, 4) is 5.75 Å². The lowest BCUT2D eigenvalue weighted by Crippen LogP contribution is -2.49. The summed E-state index contributed by atoms with van der Waals surface area (Å²) in [5, 5.41) is 2.25. The van der Waals surface area contributed by atoms with Gasteiger partial charge in [-0.3, -0.25) is 10.1 Å². The minimum atomic E-state index is -3.28. The van der Waals surface area contributed by atoms with Crippen molar-refractivity contribution < 1.29 is 27.1 Å². The second-order valence-electron chi connectivity index (χ2n) is 8.30. The van der Waals surface area contributed by atoms with E-state index in [0.717, 1.165) is 18.4 Å². The third-order valence-electron chi connectivity index (χ3n) is 5.51. The van der Waals surface area contributed by atoms with Crippen LogP contribution in [0, 0.1) is 0 Å². The topological polar surface area (TPSA) is 92.8 Å². The maximum Gasteiger partial charge on any atom is 0.324 e. The maximum atomic E-state index is 13.0. The van der Waals surface area contributed by atoms with E-state index in [4.69, 9.17) is 4.74 Å². The molecular formula is C22H29FN2O5S. The van der Waals surface area contributed by atoms with Crippen LogP contribution in [-0.4, -0.2) is 62.6 Å². The third kappa shape index (κ3) is 6.78. The Hall–Kier alpha value is -2.42. The van der Waals surface area contributed by atoms with Crippen molar-refractivity contribution in [3.63, 3.8) is 0 Å². The zero-order chi connectivity index (χ0) is 22.5. The number of ether oxygens (including phenoxy) is 1. The lowest BCUT2D eigenvalue weighted by molar-refractivity contribution is -0.121. The summed E-state index contributed by atoms with van der Waals surface area (Å²) >= 11 is 0. The van der Waals surface area contributed by atoms with Crippen LogP contribution < -0.4 is 10.1 Å². The summed E-state index contributed by atoms with van der Waals surface area (Å²) in [6.07, 6.45) is 4.68. The van der Waals surface area contributed by atoms with Crippen molar-refractivity contribution >= 4 is 21.8 Å². The summed E-state index contributed by atoms with van der Waals surface area (Å²) in [6, 6.07) is 6.87. The number of hydrogen-bond donors (Lipinski definition) is 1. The van der Waals surface area contributed by atoms with Crippen LogP contribution in [0.25, 0.3) is 0 Å². The van der Waals surface area contributed by atoms with Gasteiger partial charge < -0.3 is 9.64 Å². The summed E-state index contributed by atoms with van der Waals surface area (Å²) < 4.78 is 43.8. The average molecular weight is 453 g/mol. The van der Waals surface area contributed by atoms with Crippen LogP contribution in [0.1, 0.15) is 38.2 Å². The molecule has 2 aliphatic rings. The molecule has 0 aromatic heterocycles. The third-order valence-corrected chi connectivity index (χ3v) is 7.36. The first-order valence-corrected chi connectivity index (χ1v) is 12.3. The fourth-order valence-electron chi connectivity index (χ4n) is 3.63. The minimum Gasteiger partial charge on any atom is -0.491 e. The predicted molar refractivity (Wildman–Crippen MR) is 116 cm³/mol. The Morgan fingerprint density at radius 3 is 2.74 bits per heavy atom. The Balaban J connectivity index is 1.49. The Bertz CT molecular complexity index is 941. The summed E-state index contributed by atoms with van der Waals surface area (Å²) in [7, 11) is -3.28. The summed E-state index contributed by atoms with van der Waals surface area (Å²) in [5.74, 6) is 0.385. The van der Waals surface area contributed by atoms with Gasteiger partial charge in [0.25, 0.3) is 0 Å². The second-order valence-corrected chi connectivity index (χ2v) is 10.5. The van der Waals surface area contributed by atoms with Gasteiger partial charge in [0.05, 0.1) is 11.5 Å². The van der Waals surface area contributed by atoms with E-state index in [2.05, 4.69) is 5.32 Å². The molecule has 1 aromatic rings. The van der Waals surface area contributed by atoms with Crippen LogP contribution in [0.2, 0.25) is 0 Å². The van der Waals surface area contributed by atoms with Gasteiger partial charge in [-0.2, -0.15) is 0 Å². The number of nitrogens with one attached hydrogen (secondary N) is 1. The second kappa shape index (κ2) is 9.80. The van der Waals surface area contributed by atoms with Crippen molar-refractivity contribution in [2.24, 2.45) is 0 Å². The first-order chi connectivity index (χ1) is 14.7. The molecule has 9 heteroatoms. The van der Waals surface area contributed by atoms with Gasteiger partial charge in [0.1, 0.15) is 18.5 Å². The Labute approximate surface area is 182 Å². The zero-order valence-corrected chi connectivity index (χ0v) is 18.5. The number of imide groups is 1. The molecular weight excluding hydrogens is 423 g/mol. The lowest BCUT2D eigenvalue weighted by Gasteiger charge is -2.25. The largest absolute Gasteiger partial charge is 0.491 e. The van der Waals surface area contributed by atoms with Crippen molar-refractivity contribution in [1.29, 1.82) is 0 Å². The van der Waals surface area contributed by atoms with Gasteiger partial charge in [-0.05, 0) is 43.9 Å². The molecule has 1 heterocycles. The van der Waals surface area contributed by atoms with E-state index in [1.54, 1.807) is 18.2 Å². The predicted octanol–water partition coefficient (Wildman–Crippen LogP) is 2.76. The Kier molecular flexibility index (Phi) is 7.35. The lowest BCUT2D eigenvalue weighted by atomic mass is 9.98. The number of urea groups is 1. The highest BCUT2D eigenvalue weighted by atomic mass is 32.2. The van der Waals surface area contributed by atoms with Crippen LogP contribution >= 0.6 is 0 Å². The molecule has 1 saturated heterocycles. The van der Waals surface area contributed by atoms with Crippen LogP contribution in [0.3, 0.4) is 0 Å². The summed E-state index contributed by atoms with van der Waals surface area (Å²) in [4.78, 5) is 24.3. The number of halogens is 1. The smallest absolute Gasteiger partial charge is 0.324 e. The van der Waals surface area contributed by atoms with Crippen LogP contribution in [0.4, 0.5) is 9.18 Å². The molecule has 1 aromatic carbocycles. The quantitative estimate of drug-likeness (QED) is 0.521. The standard InChI is InChI=1S/C22H29FN2O5S/c1-17(23)15-30-19-7-5-6-18(14-19)22(9-10-22)16-31(28,29)13-4-2-3-11-25-12-8-20(26)24-21(25)27/h2-3,5-7,14,17H,4,8-13,15-16H2,1H3,(H,24,26,27)/b3-2+. The number of allylic oxidation sites excluding steroid dienone is 1. The van der Waals surface area contributed by atoms with E-state index in [9.17, 15) is 22.4 Å². The molecule has 0 radical (unpaired) electrons. The molecule has 1 atom stereocenters. The molecule has 7 nitrogen and oxygen atoms in total. The van der Waals surface area contributed by atoms with E-state index in [-0.39, 0.29) is 35.9 Å². The highest BCUT2D eigenvalue weighted by Gasteiger charge is 2.47. The molecule has 1 unspecified atom stereocenters. The van der Waals surface area contributed by atoms with Crippen molar-refractivity contribution in [2.75, 3.05) is 31.2 Å². The van der Waals surface area contributed by atoms with Gasteiger partial charge in [-0.1, -0.05) is 24.3 Å². The normalized spacial score (nSPS) is 19.4. The molecule has 3 rings (SSSR count). The fourth-order valence-corrected chi connectivity index (χ4v) is 5.56. The summed E-state index contributed by atoms with van der Waals surface area (Å²) in [5.41, 5.74) is 0.531. The average Bonchev–Trinajstić information content (AvgIpc) is 3.48. The van der Waals surface area contributed by atoms with E-state index < -0.39 is 22.0 Å². The van der Waals surface area contributed by atoms with Crippen molar-refractivity contribution in [2.45, 2.75) is 44.2 Å². The van der Waals surface area contributed by atoms with Gasteiger partial charge in [0, 0.05) is 24.9 Å². The number of sulfone groups is 1. The molecule has 2 fully saturated rings. The number of hydrogen-bond acceptors (Lipinski definition) is 5. The molecule has 3 amide bonds. The van der Waals surface area contributed by atoms with Gasteiger partial charge in [0.15, 0.2) is 9.84 Å². The molecule has 1 saturated carbocycles. The van der Waals surface area contributed by atoms with Gasteiger partial charge in [0.2, 0.25) is 5.91 Å². The number of benzene rings is 1. The number of carbonyl (C=O) groups is 2. The highest BCUT2D eigenvalue weighted by Crippen LogP contribution is 2.50. The number of rotatable bonds is 11. The monoisotopic (exact) mass is 452 g/mol. The SMILES string of the molecule is CC(F)COc1cccc(C2(CS(=O)(=O)CC/C=C/CN3CCC(=O)NC3=O)CC2)c1. The number of carbonyl (C=O) groups excluding carboxylic acids is 2. The molecule has 1 N–H and O–H groups in total. The maximum absolute atomic E-state index is 13.0. The van der Waals surface area contributed by atoms with E-state index in [0.29, 0.717) is 25.3 Å². The molecule has 170 valence electrons. The first kappa shape index (κ1) is 23.2. The Morgan fingerprint density at radius 2 is 2.06 bits per heavy atom. The van der Waals surface area contributed by atoms with Gasteiger partial charge in [-0.15, -0.1) is 0 Å². The molecule has 1 aliphatic carbocycles. The van der Waals surface area contributed by atoms with E-state index >= 15 is 0 Å². The summed E-state index contributed by atoms with van der Waals surface area (Å²) in [6.45, 7) is 2.10. The molecule has 0 spiro atoms. The van der Waals surface area contributed by atoms with E-state index in [1.165, 1.54) is 11.8 Å². The van der Waals surface area contributed by atoms with Crippen LogP contribution in [-0.2, 0) is 20.0 Å². The van der Waals surface area contributed by atoms with Crippen molar-refractivity contribution in [1.82, 2.24) is 10.2 Å². The van der Waals surface area contributed by atoms with Crippen LogP contribution in [0.5, 0.6) is 5.75 Å². The highest BCUT2D eigenvalue weighted by molar-refractivity contribution is 7.91. The number of nitrogens with zero attached hydrogens (tertiary/aromatic N) is 1. The molecule has 0 bridgehead atoms. The van der Waals surface area contributed by atoms with Gasteiger partial charge >= 0.3 is 6.03 Å².